The predicted octanol–water partition coefficient (Wildman–Crippen LogP) is 3.02. The lowest BCUT2D eigenvalue weighted by atomic mass is 10.1. The Morgan fingerprint density at radius 3 is 2.58 bits per heavy atom. The maximum Gasteiger partial charge on any atom is 0.274 e. The Morgan fingerprint density at radius 1 is 1.17 bits per heavy atom. The molecule has 2 atom stereocenters. The number of amides is 1. The van der Waals surface area contributed by atoms with Gasteiger partial charge in [0.05, 0.1) is 6.54 Å². The number of carbonyl (C=O) groups excluding carboxylic acids is 1. The van der Waals surface area contributed by atoms with Crippen LogP contribution in [0.1, 0.15) is 24.8 Å². The van der Waals surface area contributed by atoms with E-state index in [0.717, 1.165) is 18.4 Å². The largest absolute Gasteiger partial charge is 0.321 e. The molecule has 1 amide bonds. The number of halogens is 1. The van der Waals surface area contributed by atoms with Gasteiger partial charge in [-0.15, -0.1) is 0 Å². The van der Waals surface area contributed by atoms with E-state index in [1.807, 2.05) is 0 Å². The van der Waals surface area contributed by atoms with Crippen molar-refractivity contribution < 1.29 is 9.18 Å². The van der Waals surface area contributed by atoms with Crippen LogP contribution in [0, 0.1) is 23.6 Å². The summed E-state index contributed by atoms with van der Waals surface area (Å²) in [5.41, 5.74) is 0.911. The Labute approximate surface area is 139 Å². The van der Waals surface area contributed by atoms with Crippen LogP contribution < -0.4 is 10.9 Å². The van der Waals surface area contributed by atoms with Crippen LogP contribution in [-0.2, 0) is 11.3 Å². The Morgan fingerprint density at radius 2 is 1.88 bits per heavy atom. The predicted molar refractivity (Wildman–Crippen MR) is 89.2 cm³/mol. The molecule has 24 heavy (non-hydrogen) atoms. The average molecular weight is 326 g/mol. The molecule has 1 heterocycles. The maximum atomic E-state index is 13.0. The van der Waals surface area contributed by atoms with Gasteiger partial charge in [0, 0.05) is 12.1 Å². The first-order valence-corrected chi connectivity index (χ1v) is 8.38. The number of benzene rings is 1. The second kappa shape index (κ2) is 5.89. The summed E-state index contributed by atoms with van der Waals surface area (Å²) in [5, 5.41) is 2.80. The number of hydrogen-bond acceptors (Lipinski definition) is 2. The van der Waals surface area contributed by atoms with E-state index in [2.05, 4.69) is 5.32 Å². The highest BCUT2D eigenvalue weighted by atomic mass is 19.1. The Balaban J connectivity index is 1.49. The van der Waals surface area contributed by atoms with Crippen molar-refractivity contribution in [3.8, 4) is 0 Å². The van der Waals surface area contributed by atoms with Gasteiger partial charge in [-0.25, -0.2) is 4.39 Å². The van der Waals surface area contributed by atoms with E-state index in [9.17, 15) is 14.0 Å². The van der Waals surface area contributed by atoms with Gasteiger partial charge in [-0.1, -0.05) is 18.6 Å². The van der Waals surface area contributed by atoms with Crippen molar-refractivity contribution in [1.29, 1.82) is 0 Å². The zero-order valence-corrected chi connectivity index (χ0v) is 13.2. The van der Waals surface area contributed by atoms with Gasteiger partial charge in [0.2, 0.25) is 5.91 Å². The number of nitrogens with one attached hydrogen (secondary N) is 1. The molecule has 1 aromatic carbocycles. The zero-order chi connectivity index (χ0) is 16.7. The average Bonchev–Trinajstić information content (AvgIpc) is 3.06. The SMILES string of the molecule is O=C(Nc1cccn(Cc2ccc(F)cc2)c1=O)C1[C@H]2CCC[C@H]12. The van der Waals surface area contributed by atoms with Crippen molar-refractivity contribution in [2.75, 3.05) is 5.32 Å². The van der Waals surface area contributed by atoms with Gasteiger partial charge in [-0.05, 0) is 54.5 Å². The molecule has 1 N–H and O–H groups in total. The quantitative estimate of drug-likeness (QED) is 0.939. The van der Waals surface area contributed by atoms with E-state index < -0.39 is 0 Å². The number of hydrogen-bond donors (Lipinski definition) is 1. The molecule has 4 rings (SSSR count). The summed E-state index contributed by atoms with van der Waals surface area (Å²) in [4.78, 5) is 24.9. The van der Waals surface area contributed by atoms with E-state index in [-0.39, 0.29) is 23.2 Å². The number of anilines is 1. The first-order valence-electron chi connectivity index (χ1n) is 8.38. The molecule has 0 aliphatic heterocycles. The second-order valence-electron chi connectivity index (χ2n) is 6.76. The molecule has 2 aromatic rings. The fraction of sp³-hybridized carbons (Fsp3) is 0.368. The topological polar surface area (TPSA) is 51.1 Å². The van der Waals surface area contributed by atoms with Crippen molar-refractivity contribution in [3.63, 3.8) is 0 Å². The van der Waals surface area contributed by atoms with Gasteiger partial charge in [0.1, 0.15) is 11.5 Å². The van der Waals surface area contributed by atoms with E-state index in [4.69, 9.17) is 0 Å². The highest BCUT2D eigenvalue weighted by molar-refractivity contribution is 5.94. The molecule has 5 heteroatoms. The standard InChI is InChI=1S/C19H19FN2O2/c20-13-8-6-12(7-9-13)11-22-10-2-5-16(19(22)24)21-18(23)17-14-3-1-4-15(14)17/h2,5-10,14-15,17H,1,3-4,11H2,(H,21,23)/t14-,15-/m0/s1. The molecule has 2 aliphatic rings. The first kappa shape index (κ1) is 15.1. The number of aromatic nitrogens is 1. The third-order valence-electron chi connectivity index (χ3n) is 5.25. The van der Waals surface area contributed by atoms with Crippen LogP contribution in [0.4, 0.5) is 10.1 Å². The Bertz CT molecular complexity index is 818. The van der Waals surface area contributed by atoms with Gasteiger partial charge < -0.3 is 9.88 Å². The lowest BCUT2D eigenvalue weighted by Crippen LogP contribution is -2.27. The smallest absolute Gasteiger partial charge is 0.274 e. The Kier molecular flexibility index (Phi) is 3.71. The molecule has 2 fully saturated rings. The van der Waals surface area contributed by atoms with Crippen LogP contribution in [0.3, 0.4) is 0 Å². The lowest BCUT2D eigenvalue weighted by Gasteiger charge is -2.10. The number of nitrogens with zero attached hydrogens (tertiary/aromatic N) is 1. The van der Waals surface area contributed by atoms with Crippen LogP contribution in [-0.4, -0.2) is 10.5 Å². The van der Waals surface area contributed by atoms with E-state index in [0.29, 0.717) is 24.1 Å². The molecule has 1 aromatic heterocycles. The highest BCUT2D eigenvalue weighted by Gasteiger charge is 2.56. The summed E-state index contributed by atoms with van der Waals surface area (Å²) in [6.07, 6.45) is 5.15. The third-order valence-corrected chi connectivity index (χ3v) is 5.25. The summed E-state index contributed by atoms with van der Waals surface area (Å²) in [5.74, 6) is 0.803. The summed E-state index contributed by atoms with van der Waals surface area (Å²) in [6, 6.07) is 9.43. The van der Waals surface area contributed by atoms with E-state index in [1.54, 1.807) is 30.5 Å². The number of rotatable bonds is 4. The lowest BCUT2D eigenvalue weighted by molar-refractivity contribution is -0.118. The number of pyridine rings is 1. The van der Waals surface area contributed by atoms with Gasteiger partial charge in [-0.2, -0.15) is 0 Å². The summed E-state index contributed by atoms with van der Waals surface area (Å²) in [7, 11) is 0. The van der Waals surface area contributed by atoms with E-state index in [1.165, 1.54) is 23.1 Å². The van der Waals surface area contributed by atoms with Crippen molar-refractivity contribution in [2.24, 2.45) is 17.8 Å². The summed E-state index contributed by atoms with van der Waals surface area (Å²) in [6.45, 7) is 0.345. The van der Waals surface area contributed by atoms with Crippen LogP contribution in [0.2, 0.25) is 0 Å². The molecule has 0 spiro atoms. The molecule has 2 aliphatic carbocycles. The monoisotopic (exact) mass is 326 g/mol. The van der Waals surface area contributed by atoms with Crippen molar-refractivity contribution in [3.05, 3.63) is 64.3 Å². The minimum absolute atomic E-state index is 0.0265. The second-order valence-corrected chi connectivity index (χ2v) is 6.76. The molecule has 0 radical (unpaired) electrons. The van der Waals surface area contributed by atoms with E-state index >= 15 is 0 Å². The Hall–Kier alpha value is -2.43. The molecule has 2 saturated carbocycles. The first-order chi connectivity index (χ1) is 11.6. The maximum absolute atomic E-state index is 13.0. The zero-order valence-electron chi connectivity index (χ0n) is 13.2. The number of carbonyl (C=O) groups is 1. The molecular weight excluding hydrogens is 307 g/mol. The molecule has 0 bridgehead atoms. The molecular formula is C19H19FN2O2. The molecule has 4 nitrogen and oxygen atoms in total. The molecule has 0 saturated heterocycles. The minimum atomic E-state index is -0.304. The van der Waals surface area contributed by atoms with Crippen molar-refractivity contribution in [2.45, 2.75) is 25.8 Å². The van der Waals surface area contributed by atoms with Gasteiger partial charge in [0.25, 0.3) is 5.56 Å². The van der Waals surface area contributed by atoms with Crippen LogP contribution in [0.5, 0.6) is 0 Å². The van der Waals surface area contributed by atoms with Crippen molar-refractivity contribution >= 4 is 11.6 Å². The van der Waals surface area contributed by atoms with Gasteiger partial charge >= 0.3 is 0 Å². The van der Waals surface area contributed by atoms with Crippen LogP contribution >= 0.6 is 0 Å². The molecule has 0 unspecified atom stereocenters. The summed E-state index contributed by atoms with van der Waals surface area (Å²) < 4.78 is 14.5. The minimum Gasteiger partial charge on any atom is -0.321 e. The fourth-order valence-corrected chi connectivity index (χ4v) is 3.97. The third kappa shape index (κ3) is 2.75. The highest BCUT2D eigenvalue weighted by Crippen LogP contribution is 2.57. The van der Waals surface area contributed by atoms with Gasteiger partial charge in [-0.3, -0.25) is 9.59 Å². The van der Waals surface area contributed by atoms with Crippen LogP contribution in [0.15, 0.2) is 47.4 Å². The van der Waals surface area contributed by atoms with Crippen LogP contribution in [0.25, 0.3) is 0 Å². The fourth-order valence-electron chi connectivity index (χ4n) is 3.97. The van der Waals surface area contributed by atoms with Gasteiger partial charge in [0.15, 0.2) is 0 Å². The summed E-state index contributed by atoms with van der Waals surface area (Å²) >= 11 is 0. The molecule has 124 valence electrons. The van der Waals surface area contributed by atoms with Crippen molar-refractivity contribution in [1.82, 2.24) is 4.57 Å². The number of fused-ring (bicyclic) bond motifs is 1. The normalized spacial score (nSPS) is 24.5.